The van der Waals surface area contributed by atoms with Gasteiger partial charge in [0.15, 0.2) is 5.82 Å². The smallest absolute Gasteiger partial charge is 0.154 e. The first-order valence-corrected chi connectivity index (χ1v) is 4.08. The van der Waals surface area contributed by atoms with E-state index in [-0.39, 0.29) is 0 Å². The molecule has 1 heterocycles. The molecule has 1 aromatic rings. The van der Waals surface area contributed by atoms with E-state index in [0.29, 0.717) is 0 Å². The van der Waals surface area contributed by atoms with Crippen molar-refractivity contribution in [1.82, 2.24) is 9.97 Å². The van der Waals surface area contributed by atoms with Gasteiger partial charge in [0.2, 0.25) is 0 Å². The Morgan fingerprint density at radius 1 is 1.42 bits per heavy atom. The number of allylic oxidation sites excluding steroid dienone is 2. The third-order valence-electron chi connectivity index (χ3n) is 2.01. The topological polar surface area (TPSA) is 25.8 Å². The Hall–Kier alpha value is -1.18. The molecule has 0 spiro atoms. The van der Waals surface area contributed by atoms with Gasteiger partial charge in [-0.05, 0) is 38.8 Å². The number of hydrogen-bond donors (Lipinski definition) is 0. The summed E-state index contributed by atoms with van der Waals surface area (Å²) >= 11 is 0. The zero-order valence-corrected chi connectivity index (χ0v) is 8.05. The van der Waals surface area contributed by atoms with Crippen molar-refractivity contribution in [1.29, 1.82) is 0 Å². The summed E-state index contributed by atoms with van der Waals surface area (Å²) in [6.45, 7) is 8.03. The molecule has 0 aliphatic heterocycles. The monoisotopic (exact) mass is 162 g/mol. The predicted molar refractivity (Wildman–Crippen MR) is 50.8 cm³/mol. The van der Waals surface area contributed by atoms with Crippen LogP contribution in [0.1, 0.15) is 30.9 Å². The minimum absolute atomic E-state index is 0.834. The molecular weight excluding hydrogens is 148 g/mol. The molecule has 0 amide bonds. The SMILES string of the molecule is CC=C(C)c1ncc(C)c(C)n1. The molecule has 2 nitrogen and oxygen atoms in total. The van der Waals surface area contributed by atoms with Crippen LogP contribution in [0, 0.1) is 13.8 Å². The third kappa shape index (κ3) is 1.70. The largest absolute Gasteiger partial charge is 0.237 e. The fourth-order valence-corrected chi connectivity index (χ4v) is 0.846. The molecule has 0 unspecified atom stereocenters. The van der Waals surface area contributed by atoms with E-state index in [4.69, 9.17) is 0 Å². The second-order valence-electron chi connectivity index (χ2n) is 2.93. The lowest BCUT2D eigenvalue weighted by Crippen LogP contribution is -1.96. The average molecular weight is 162 g/mol. The van der Waals surface area contributed by atoms with Crippen LogP contribution in [0.3, 0.4) is 0 Å². The van der Waals surface area contributed by atoms with Gasteiger partial charge in [-0.3, -0.25) is 0 Å². The summed E-state index contributed by atoms with van der Waals surface area (Å²) in [6.07, 6.45) is 3.88. The Morgan fingerprint density at radius 3 is 2.58 bits per heavy atom. The van der Waals surface area contributed by atoms with Crippen LogP contribution in [0.15, 0.2) is 12.3 Å². The van der Waals surface area contributed by atoms with Crippen molar-refractivity contribution < 1.29 is 0 Å². The van der Waals surface area contributed by atoms with E-state index in [1.807, 2.05) is 40.0 Å². The fraction of sp³-hybridized carbons (Fsp3) is 0.400. The van der Waals surface area contributed by atoms with Crippen molar-refractivity contribution in [3.05, 3.63) is 29.4 Å². The van der Waals surface area contributed by atoms with E-state index < -0.39 is 0 Å². The van der Waals surface area contributed by atoms with E-state index >= 15 is 0 Å². The molecule has 0 atom stereocenters. The summed E-state index contributed by atoms with van der Waals surface area (Å²) in [5.41, 5.74) is 3.32. The molecule has 0 N–H and O–H groups in total. The maximum absolute atomic E-state index is 4.36. The molecule has 0 aliphatic rings. The minimum atomic E-state index is 0.834. The molecule has 0 bridgehead atoms. The van der Waals surface area contributed by atoms with Crippen LogP contribution in [0.4, 0.5) is 0 Å². The van der Waals surface area contributed by atoms with Crippen LogP contribution in [0.25, 0.3) is 5.57 Å². The van der Waals surface area contributed by atoms with Gasteiger partial charge >= 0.3 is 0 Å². The van der Waals surface area contributed by atoms with Gasteiger partial charge in [0, 0.05) is 11.9 Å². The summed E-state index contributed by atoms with van der Waals surface area (Å²) < 4.78 is 0. The fourth-order valence-electron chi connectivity index (χ4n) is 0.846. The zero-order chi connectivity index (χ0) is 9.14. The first-order chi connectivity index (χ1) is 5.65. The van der Waals surface area contributed by atoms with Crippen LogP contribution < -0.4 is 0 Å². The highest BCUT2D eigenvalue weighted by molar-refractivity contribution is 5.56. The van der Waals surface area contributed by atoms with Gasteiger partial charge in [0.05, 0.1) is 0 Å². The van der Waals surface area contributed by atoms with Crippen molar-refractivity contribution in [3.63, 3.8) is 0 Å². The van der Waals surface area contributed by atoms with Gasteiger partial charge in [-0.25, -0.2) is 9.97 Å². The standard InChI is InChI=1S/C10H14N2/c1-5-7(2)10-11-6-8(3)9(4)12-10/h5-6H,1-4H3. The molecule has 1 rings (SSSR count). The van der Waals surface area contributed by atoms with Crippen LogP contribution in [-0.2, 0) is 0 Å². The summed E-state index contributed by atoms with van der Waals surface area (Å²) in [5.74, 6) is 0.834. The molecule has 64 valence electrons. The lowest BCUT2D eigenvalue weighted by molar-refractivity contribution is 1.03. The second kappa shape index (κ2) is 3.48. The summed E-state index contributed by atoms with van der Waals surface area (Å²) in [7, 11) is 0. The van der Waals surface area contributed by atoms with E-state index in [1.165, 1.54) is 0 Å². The van der Waals surface area contributed by atoms with Gasteiger partial charge in [0.1, 0.15) is 0 Å². The van der Waals surface area contributed by atoms with Crippen molar-refractivity contribution in [3.8, 4) is 0 Å². The molecule has 2 heteroatoms. The number of hydrogen-bond acceptors (Lipinski definition) is 2. The highest BCUT2D eigenvalue weighted by Gasteiger charge is 1.99. The van der Waals surface area contributed by atoms with E-state index in [9.17, 15) is 0 Å². The maximum Gasteiger partial charge on any atom is 0.154 e. The van der Waals surface area contributed by atoms with Crippen LogP contribution in [0.5, 0.6) is 0 Å². The zero-order valence-electron chi connectivity index (χ0n) is 8.05. The number of nitrogens with zero attached hydrogens (tertiary/aromatic N) is 2. The Bertz CT molecular complexity index is 314. The molecule has 1 aromatic heterocycles. The van der Waals surface area contributed by atoms with Crippen LogP contribution >= 0.6 is 0 Å². The number of aryl methyl sites for hydroxylation is 2. The molecule has 0 fully saturated rings. The minimum Gasteiger partial charge on any atom is -0.237 e. The molecular formula is C10H14N2. The summed E-state index contributed by atoms with van der Waals surface area (Å²) in [5, 5.41) is 0. The highest BCUT2D eigenvalue weighted by Crippen LogP contribution is 2.09. The van der Waals surface area contributed by atoms with E-state index in [1.54, 1.807) is 0 Å². The lowest BCUT2D eigenvalue weighted by Gasteiger charge is -2.02. The van der Waals surface area contributed by atoms with Crippen molar-refractivity contribution in [2.45, 2.75) is 27.7 Å². The summed E-state index contributed by atoms with van der Waals surface area (Å²) in [4.78, 5) is 8.59. The van der Waals surface area contributed by atoms with Gasteiger partial charge in [-0.15, -0.1) is 0 Å². The highest BCUT2D eigenvalue weighted by atomic mass is 14.9. The molecule has 0 radical (unpaired) electrons. The van der Waals surface area contributed by atoms with Crippen molar-refractivity contribution in [2.75, 3.05) is 0 Å². The maximum atomic E-state index is 4.36. The second-order valence-corrected chi connectivity index (χ2v) is 2.93. The van der Waals surface area contributed by atoms with E-state index in [2.05, 4.69) is 9.97 Å². The summed E-state index contributed by atoms with van der Waals surface area (Å²) in [6, 6.07) is 0. The molecule has 0 aliphatic carbocycles. The number of rotatable bonds is 1. The Kier molecular flexibility index (Phi) is 2.58. The third-order valence-corrected chi connectivity index (χ3v) is 2.01. The normalized spacial score (nSPS) is 11.8. The van der Waals surface area contributed by atoms with Crippen LogP contribution in [-0.4, -0.2) is 9.97 Å². The first-order valence-electron chi connectivity index (χ1n) is 4.08. The molecule has 0 saturated carbocycles. The Morgan fingerprint density at radius 2 is 2.08 bits per heavy atom. The van der Waals surface area contributed by atoms with E-state index in [0.717, 1.165) is 22.7 Å². The molecule has 0 saturated heterocycles. The Balaban J connectivity index is 3.13. The van der Waals surface area contributed by atoms with Crippen molar-refractivity contribution in [2.24, 2.45) is 0 Å². The molecule has 0 aromatic carbocycles. The Labute approximate surface area is 73.4 Å². The number of aromatic nitrogens is 2. The van der Waals surface area contributed by atoms with Gasteiger partial charge < -0.3 is 0 Å². The van der Waals surface area contributed by atoms with Gasteiger partial charge in [-0.2, -0.15) is 0 Å². The predicted octanol–water partition coefficient (Wildman–Crippen LogP) is 2.52. The average Bonchev–Trinajstić information content (AvgIpc) is 2.08. The van der Waals surface area contributed by atoms with Crippen molar-refractivity contribution >= 4 is 5.57 Å². The van der Waals surface area contributed by atoms with Gasteiger partial charge in [0.25, 0.3) is 0 Å². The first kappa shape index (κ1) is 8.91. The van der Waals surface area contributed by atoms with Crippen LogP contribution in [0.2, 0.25) is 0 Å². The lowest BCUT2D eigenvalue weighted by atomic mass is 10.2. The molecule has 12 heavy (non-hydrogen) atoms. The quantitative estimate of drug-likeness (QED) is 0.634. The van der Waals surface area contributed by atoms with Gasteiger partial charge in [-0.1, -0.05) is 6.08 Å².